The molecule has 110 valence electrons. The lowest BCUT2D eigenvalue weighted by Gasteiger charge is -2.10. The number of benzene rings is 1. The summed E-state index contributed by atoms with van der Waals surface area (Å²) in [6, 6.07) is 6.68. The van der Waals surface area contributed by atoms with Gasteiger partial charge in [0.05, 0.1) is 16.3 Å². The van der Waals surface area contributed by atoms with E-state index in [1.54, 1.807) is 18.3 Å². The Morgan fingerprint density at radius 3 is 2.62 bits per heavy atom. The molecule has 2 amide bonds. The van der Waals surface area contributed by atoms with Gasteiger partial charge in [0.2, 0.25) is 0 Å². The first kappa shape index (κ1) is 15.4. The Kier molecular flexibility index (Phi) is 4.55. The van der Waals surface area contributed by atoms with Gasteiger partial charge in [0, 0.05) is 22.6 Å². The maximum atomic E-state index is 10.6. The van der Waals surface area contributed by atoms with Crippen LogP contribution < -0.4 is 11.2 Å². The summed E-state index contributed by atoms with van der Waals surface area (Å²) in [6.45, 7) is 3.91. The van der Waals surface area contributed by atoms with Gasteiger partial charge in [0.15, 0.2) is 0 Å². The van der Waals surface area contributed by atoms with Gasteiger partial charge in [-0.15, -0.1) is 0 Å². The predicted molar refractivity (Wildman–Crippen MR) is 85.6 cm³/mol. The number of nitrogens with zero attached hydrogens (tertiary/aromatic N) is 2. The molecule has 2 aromatic rings. The first-order valence-corrected chi connectivity index (χ1v) is 6.88. The molecular formula is C14H14Cl2N4O. The number of nitrogens with one attached hydrogen (secondary N) is 1. The van der Waals surface area contributed by atoms with E-state index < -0.39 is 6.03 Å². The second-order valence-electron chi connectivity index (χ2n) is 4.49. The van der Waals surface area contributed by atoms with Crippen molar-refractivity contribution >= 4 is 35.4 Å². The lowest BCUT2D eigenvalue weighted by atomic mass is 10.2. The summed E-state index contributed by atoms with van der Waals surface area (Å²) in [6.07, 6.45) is 1.54. The zero-order valence-corrected chi connectivity index (χ0v) is 13.0. The number of hydrogen-bond donors (Lipinski definition) is 2. The van der Waals surface area contributed by atoms with Crippen LogP contribution in [0.5, 0.6) is 0 Å². The largest absolute Gasteiger partial charge is 0.350 e. The van der Waals surface area contributed by atoms with Crippen LogP contribution in [0.25, 0.3) is 5.69 Å². The van der Waals surface area contributed by atoms with Crippen LogP contribution in [0.2, 0.25) is 10.0 Å². The van der Waals surface area contributed by atoms with Crippen LogP contribution in [0.15, 0.2) is 29.4 Å². The Morgan fingerprint density at radius 1 is 1.29 bits per heavy atom. The van der Waals surface area contributed by atoms with Crippen LogP contribution in [0.1, 0.15) is 17.0 Å². The van der Waals surface area contributed by atoms with Crippen LogP contribution in [-0.4, -0.2) is 16.8 Å². The van der Waals surface area contributed by atoms with E-state index in [9.17, 15) is 4.79 Å². The number of nitrogens with two attached hydrogens (primary N) is 1. The molecular weight excluding hydrogens is 311 g/mol. The highest BCUT2D eigenvalue weighted by Crippen LogP contribution is 2.27. The highest BCUT2D eigenvalue weighted by Gasteiger charge is 2.10. The smallest absolute Gasteiger partial charge is 0.332 e. The highest BCUT2D eigenvalue weighted by molar-refractivity contribution is 6.42. The lowest BCUT2D eigenvalue weighted by molar-refractivity contribution is 0.249. The lowest BCUT2D eigenvalue weighted by Crippen LogP contribution is -2.24. The number of amides is 2. The van der Waals surface area contributed by atoms with E-state index in [0.717, 1.165) is 22.6 Å². The van der Waals surface area contributed by atoms with Crippen molar-refractivity contribution in [1.29, 1.82) is 0 Å². The number of carbonyl (C=O) groups excluding carboxylic acids is 1. The highest BCUT2D eigenvalue weighted by atomic mass is 35.5. The topological polar surface area (TPSA) is 72.4 Å². The number of aromatic nitrogens is 1. The predicted octanol–water partition coefficient (Wildman–Crippen LogP) is 3.40. The van der Waals surface area contributed by atoms with Crippen LogP contribution in [0.3, 0.4) is 0 Å². The maximum Gasteiger partial charge on any atom is 0.332 e. The van der Waals surface area contributed by atoms with E-state index in [2.05, 4.69) is 10.5 Å². The normalized spacial score (nSPS) is 11.0. The Balaban J connectivity index is 2.41. The van der Waals surface area contributed by atoms with Gasteiger partial charge in [-0.2, -0.15) is 5.10 Å². The molecule has 3 N–H and O–H groups in total. The minimum Gasteiger partial charge on any atom is -0.350 e. The molecule has 1 heterocycles. The average Bonchev–Trinajstić information content (AvgIpc) is 2.68. The second kappa shape index (κ2) is 6.20. The van der Waals surface area contributed by atoms with Gasteiger partial charge in [-0.25, -0.2) is 10.2 Å². The minimum absolute atomic E-state index is 0.493. The zero-order chi connectivity index (χ0) is 15.6. The van der Waals surface area contributed by atoms with Crippen molar-refractivity contribution in [2.75, 3.05) is 0 Å². The molecule has 0 saturated carbocycles. The number of hydrazone groups is 1. The molecule has 1 aromatic carbocycles. The van der Waals surface area contributed by atoms with Crippen molar-refractivity contribution < 1.29 is 4.79 Å². The Morgan fingerprint density at radius 2 is 2.00 bits per heavy atom. The third-order valence-electron chi connectivity index (χ3n) is 3.01. The van der Waals surface area contributed by atoms with E-state index >= 15 is 0 Å². The number of primary amides is 1. The maximum absolute atomic E-state index is 10.6. The first-order chi connectivity index (χ1) is 9.90. The molecule has 0 aliphatic heterocycles. The summed E-state index contributed by atoms with van der Waals surface area (Å²) in [5.41, 5.74) is 10.9. The number of aryl methyl sites for hydroxylation is 1. The summed E-state index contributed by atoms with van der Waals surface area (Å²) >= 11 is 12.0. The molecule has 5 nitrogen and oxygen atoms in total. The SMILES string of the molecule is Cc1cc(/C=N\NC(N)=O)c(C)n1-c1ccc(Cl)c(Cl)c1. The quantitative estimate of drug-likeness (QED) is 0.659. The van der Waals surface area contributed by atoms with Gasteiger partial charge in [-0.1, -0.05) is 23.2 Å². The van der Waals surface area contributed by atoms with E-state index in [1.165, 1.54) is 0 Å². The van der Waals surface area contributed by atoms with Crippen molar-refractivity contribution in [2.24, 2.45) is 10.8 Å². The fraction of sp³-hybridized carbons (Fsp3) is 0.143. The average molecular weight is 325 g/mol. The number of hydrogen-bond acceptors (Lipinski definition) is 2. The van der Waals surface area contributed by atoms with Crippen LogP contribution in [-0.2, 0) is 0 Å². The van der Waals surface area contributed by atoms with E-state index in [-0.39, 0.29) is 0 Å². The third-order valence-corrected chi connectivity index (χ3v) is 3.75. The molecule has 0 atom stereocenters. The van der Waals surface area contributed by atoms with Crippen LogP contribution in [0.4, 0.5) is 4.79 Å². The molecule has 0 bridgehead atoms. The molecule has 0 unspecified atom stereocenters. The molecule has 21 heavy (non-hydrogen) atoms. The molecule has 0 fully saturated rings. The standard InChI is InChI=1S/C14H14Cl2N4O/c1-8-5-10(7-18-19-14(17)21)9(2)20(8)11-3-4-12(15)13(16)6-11/h3-7H,1-2H3,(H3,17,19,21)/b18-7-. The van der Waals surface area contributed by atoms with Gasteiger partial charge in [0.25, 0.3) is 0 Å². The number of urea groups is 1. The fourth-order valence-corrected chi connectivity index (χ4v) is 2.40. The zero-order valence-electron chi connectivity index (χ0n) is 11.5. The Bertz CT molecular complexity index is 722. The molecule has 0 spiro atoms. The second-order valence-corrected chi connectivity index (χ2v) is 5.31. The minimum atomic E-state index is -0.704. The van der Waals surface area contributed by atoms with Gasteiger partial charge >= 0.3 is 6.03 Å². The molecule has 0 radical (unpaired) electrons. The monoisotopic (exact) mass is 324 g/mol. The summed E-state index contributed by atoms with van der Waals surface area (Å²) in [4.78, 5) is 10.6. The summed E-state index contributed by atoms with van der Waals surface area (Å²) in [5.74, 6) is 0. The molecule has 0 saturated heterocycles. The molecule has 2 rings (SSSR count). The fourth-order valence-electron chi connectivity index (χ4n) is 2.11. The van der Waals surface area contributed by atoms with Crippen LogP contribution >= 0.6 is 23.2 Å². The molecule has 1 aromatic heterocycles. The van der Waals surface area contributed by atoms with Crippen LogP contribution in [0, 0.1) is 13.8 Å². The van der Waals surface area contributed by atoms with E-state index in [1.807, 2.05) is 30.5 Å². The molecule has 0 aliphatic rings. The Hall–Kier alpha value is -1.98. The van der Waals surface area contributed by atoms with E-state index in [0.29, 0.717) is 10.0 Å². The summed E-state index contributed by atoms with van der Waals surface area (Å²) in [7, 11) is 0. The number of rotatable bonds is 3. The van der Waals surface area contributed by atoms with Gasteiger partial charge in [-0.05, 0) is 38.1 Å². The van der Waals surface area contributed by atoms with Gasteiger partial charge in [-0.3, -0.25) is 0 Å². The van der Waals surface area contributed by atoms with Gasteiger partial charge in [0.1, 0.15) is 0 Å². The van der Waals surface area contributed by atoms with Crippen molar-refractivity contribution in [3.05, 3.63) is 51.3 Å². The molecule has 0 aliphatic carbocycles. The van der Waals surface area contributed by atoms with Gasteiger partial charge < -0.3 is 10.3 Å². The third kappa shape index (κ3) is 3.37. The first-order valence-electron chi connectivity index (χ1n) is 6.13. The summed E-state index contributed by atoms with van der Waals surface area (Å²) in [5, 5.41) is 4.77. The van der Waals surface area contributed by atoms with Crippen molar-refractivity contribution in [3.8, 4) is 5.69 Å². The van der Waals surface area contributed by atoms with Crippen molar-refractivity contribution in [1.82, 2.24) is 9.99 Å². The number of halogens is 2. The van der Waals surface area contributed by atoms with E-state index in [4.69, 9.17) is 28.9 Å². The summed E-state index contributed by atoms with van der Waals surface area (Å²) < 4.78 is 2.02. The van der Waals surface area contributed by atoms with Crippen molar-refractivity contribution in [2.45, 2.75) is 13.8 Å². The van der Waals surface area contributed by atoms with Crippen molar-refractivity contribution in [3.63, 3.8) is 0 Å². The Labute approximate surface area is 132 Å². The number of carbonyl (C=O) groups is 1. The molecule has 7 heteroatoms.